The zero-order valence-corrected chi connectivity index (χ0v) is 18.6. The van der Waals surface area contributed by atoms with E-state index in [-0.39, 0.29) is 0 Å². The third kappa shape index (κ3) is 10.9. The Labute approximate surface area is 166 Å². The van der Waals surface area contributed by atoms with E-state index >= 15 is 0 Å². The van der Waals surface area contributed by atoms with Crippen molar-refractivity contribution in [2.75, 3.05) is 0 Å². The summed E-state index contributed by atoms with van der Waals surface area (Å²) in [6.07, 6.45) is 17.9. The first-order valence-corrected chi connectivity index (χ1v) is 13.3. The van der Waals surface area contributed by atoms with E-state index in [0.717, 1.165) is 17.7 Å². The van der Waals surface area contributed by atoms with E-state index in [4.69, 9.17) is 0 Å². The highest BCUT2D eigenvalue weighted by Gasteiger charge is 2.12. The van der Waals surface area contributed by atoms with Crippen LogP contribution in [-0.4, -0.2) is 9.79 Å². The first-order chi connectivity index (χ1) is 12.7. The van der Waals surface area contributed by atoms with Gasteiger partial charge in [0.1, 0.15) is 0 Å². The summed E-state index contributed by atoms with van der Waals surface area (Å²) in [5.41, 5.74) is 2.80. The van der Waals surface area contributed by atoms with Gasteiger partial charge in [-0.1, -0.05) is 90.2 Å². The number of hydrogen-bond acceptors (Lipinski definition) is 3. The molecule has 0 amide bonds. The second-order valence-electron chi connectivity index (χ2n) is 7.27. The van der Waals surface area contributed by atoms with Gasteiger partial charge in [-0.15, -0.1) is 0 Å². The lowest BCUT2D eigenvalue weighted by atomic mass is 9.96. The maximum Gasteiger partial charge on any atom is 0.237 e. The fraction of sp³-hybridized carbons (Fsp3) is 0.727. The SMILES string of the molecule is CCCCCCCCc1cccc(SP(O)O)c1CCCCCCCC. The number of benzene rings is 1. The Morgan fingerprint density at radius 3 is 1.85 bits per heavy atom. The highest BCUT2D eigenvalue weighted by molar-refractivity contribution is 8.52. The Morgan fingerprint density at radius 2 is 1.27 bits per heavy atom. The first kappa shape index (κ1) is 24.0. The molecule has 1 rings (SSSR count). The van der Waals surface area contributed by atoms with E-state index in [0.29, 0.717) is 0 Å². The van der Waals surface area contributed by atoms with Crippen LogP contribution in [0.3, 0.4) is 0 Å². The predicted molar refractivity (Wildman–Crippen MR) is 118 cm³/mol. The van der Waals surface area contributed by atoms with Crippen LogP contribution in [0.25, 0.3) is 0 Å². The molecule has 2 N–H and O–H groups in total. The van der Waals surface area contributed by atoms with Crippen LogP contribution in [0.15, 0.2) is 23.1 Å². The normalized spacial score (nSPS) is 11.4. The molecule has 26 heavy (non-hydrogen) atoms. The summed E-state index contributed by atoms with van der Waals surface area (Å²) in [4.78, 5) is 20.0. The highest BCUT2D eigenvalue weighted by Crippen LogP contribution is 2.48. The van der Waals surface area contributed by atoms with Gasteiger partial charge in [0.15, 0.2) is 0 Å². The molecule has 2 nitrogen and oxygen atoms in total. The molecule has 0 saturated carbocycles. The van der Waals surface area contributed by atoms with Crippen molar-refractivity contribution in [1.82, 2.24) is 0 Å². The zero-order chi connectivity index (χ0) is 19.0. The van der Waals surface area contributed by atoms with Crippen LogP contribution in [-0.2, 0) is 12.8 Å². The van der Waals surface area contributed by atoms with Crippen LogP contribution in [0, 0.1) is 0 Å². The average Bonchev–Trinajstić information content (AvgIpc) is 2.62. The lowest BCUT2D eigenvalue weighted by Crippen LogP contribution is -1.98. The van der Waals surface area contributed by atoms with Crippen molar-refractivity contribution < 1.29 is 9.79 Å². The minimum atomic E-state index is -1.94. The lowest BCUT2D eigenvalue weighted by molar-refractivity contribution is 0.505. The van der Waals surface area contributed by atoms with Gasteiger partial charge in [-0.25, -0.2) is 0 Å². The molecule has 0 spiro atoms. The van der Waals surface area contributed by atoms with Crippen molar-refractivity contribution in [3.05, 3.63) is 29.3 Å². The van der Waals surface area contributed by atoms with Crippen LogP contribution in [0.5, 0.6) is 0 Å². The topological polar surface area (TPSA) is 40.5 Å². The van der Waals surface area contributed by atoms with E-state index in [1.165, 1.54) is 99.6 Å². The highest BCUT2D eigenvalue weighted by atomic mass is 32.7. The number of rotatable bonds is 16. The molecule has 0 unspecified atom stereocenters. The molecule has 0 aliphatic rings. The molecule has 0 atom stereocenters. The lowest BCUT2D eigenvalue weighted by Gasteiger charge is -2.15. The van der Waals surface area contributed by atoms with Crippen LogP contribution in [0.1, 0.15) is 102 Å². The molecular weight excluding hydrogens is 359 g/mol. The second-order valence-corrected chi connectivity index (χ2v) is 9.93. The van der Waals surface area contributed by atoms with Gasteiger partial charge in [-0.2, -0.15) is 0 Å². The van der Waals surface area contributed by atoms with Gasteiger partial charge in [0.25, 0.3) is 0 Å². The van der Waals surface area contributed by atoms with Crippen molar-refractivity contribution in [1.29, 1.82) is 0 Å². The van der Waals surface area contributed by atoms with Crippen LogP contribution >= 0.6 is 19.0 Å². The number of unbranched alkanes of at least 4 members (excludes halogenated alkanes) is 10. The summed E-state index contributed by atoms with van der Waals surface area (Å²) in [6.45, 7) is 4.51. The van der Waals surface area contributed by atoms with E-state index < -0.39 is 7.58 Å². The fourth-order valence-electron chi connectivity index (χ4n) is 3.48. The van der Waals surface area contributed by atoms with Gasteiger partial charge >= 0.3 is 0 Å². The predicted octanol–water partition coefficient (Wildman–Crippen LogP) is 7.80. The zero-order valence-electron chi connectivity index (χ0n) is 16.9. The Bertz CT molecular complexity index is 465. The molecule has 0 heterocycles. The Balaban J connectivity index is 2.57. The Morgan fingerprint density at radius 1 is 0.731 bits per heavy atom. The molecule has 0 fully saturated rings. The largest absolute Gasteiger partial charge is 0.342 e. The molecule has 0 saturated heterocycles. The van der Waals surface area contributed by atoms with Gasteiger partial charge < -0.3 is 9.79 Å². The molecule has 0 aliphatic heterocycles. The quantitative estimate of drug-likeness (QED) is 0.220. The summed E-state index contributed by atoms with van der Waals surface area (Å²) in [6, 6.07) is 6.39. The maximum absolute atomic E-state index is 9.47. The monoisotopic (exact) mass is 398 g/mol. The van der Waals surface area contributed by atoms with Crippen LogP contribution in [0.2, 0.25) is 0 Å². The molecule has 4 heteroatoms. The third-order valence-corrected chi connectivity index (χ3v) is 6.81. The molecule has 150 valence electrons. The van der Waals surface area contributed by atoms with Crippen molar-refractivity contribution in [2.24, 2.45) is 0 Å². The van der Waals surface area contributed by atoms with Gasteiger partial charge in [0, 0.05) is 4.90 Å². The Kier molecular flexibility index (Phi) is 14.7. The van der Waals surface area contributed by atoms with Gasteiger partial charge in [0.2, 0.25) is 7.58 Å². The molecule has 1 aromatic rings. The van der Waals surface area contributed by atoms with E-state index in [2.05, 4.69) is 32.0 Å². The summed E-state index contributed by atoms with van der Waals surface area (Å²) < 4.78 is 0. The molecular formula is C22H39O2PS. The smallest absolute Gasteiger partial charge is 0.237 e. The molecule has 0 radical (unpaired) electrons. The van der Waals surface area contributed by atoms with Crippen molar-refractivity contribution in [3.8, 4) is 0 Å². The van der Waals surface area contributed by atoms with E-state index in [1.54, 1.807) is 0 Å². The Hall–Kier alpha value is -0.0800. The second kappa shape index (κ2) is 15.9. The van der Waals surface area contributed by atoms with Gasteiger partial charge in [-0.05, 0) is 54.3 Å². The van der Waals surface area contributed by atoms with Crippen LogP contribution < -0.4 is 0 Å². The summed E-state index contributed by atoms with van der Waals surface area (Å²) in [5, 5.41) is 0. The number of aryl methyl sites for hydroxylation is 1. The first-order valence-electron chi connectivity index (χ1n) is 10.7. The minimum absolute atomic E-state index is 1.07. The maximum atomic E-state index is 9.47. The standard InChI is InChI=1S/C22H39O2PS/c1-3-5-7-9-11-13-16-20-17-15-19-22(26-25(23)24)21(20)18-14-12-10-8-6-4-2/h15,17,19,23-24H,3-14,16,18H2,1-2H3. The van der Waals surface area contributed by atoms with Crippen molar-refractivity contribution in [3.63, 3.8) is 0 Å². The molecule has 0 bridgehead atoms. The fourth-order valence-corrected chi connectivity index (χ4v) is 5.18. The molecule has 0 aliphatic carbocycles. The van der Waals surface area contributed by atoms with Crippen molar-refractivity contribution >= 4 is 19.0 Å². The molecule has 0 aromatic heterocycles. The van der Waals surface area contributed by atoms with Gasteiger partial charge in [-0.3, -0.25) is 0 Å². The number of hydrogen-bond donors (Lipinski definition) is 2. The summed E-state index contributed by atoms with van der Waals surface area (Å²) in [5.74, 6) is 0. The average molecular weight is 399 g/mol. The summed E-state index contributed by atoms with van der Waals surface area (Å²) >= 11 is 1.24. The van der Waals surface area contributed by atoms with E-state index in [9.17, 15) is 9.79 Å². The van der Waals surface area contributed by atoms with Crippen molar-refractivity contribution in [2.45, 2.75) is 109 Å². The van der Waals surface area contributed by atoms with E-state index in [1.807, 2.05) is 0 Å². The minimum Gasteiger partial charge on any atom is -0.342 e. The van der Waals surface area contributed by atoms with Gasteiger partial charge in [0.05, 0.1) is 0 Å². The third-order valence-electron chi connectivity index (χ3n) is 4.99. The molecule has 1 aromatic carbocycles. The summed E-state index contributed by atoms with van der Waals surface area (Å²) in [7, 11) is -1.94. The van der Waals surface area contributed by atoms with Crippen LogP contribution in [0.4, 0.5) is 0 Å².